The first-order chi connectivity index (χ1) is 4.13. The molecule has 0 amide bonds. The lowest BCUT2D eigenvalue weighted by molar-refractivity contribution is 0.489. The quantitative estimate of drug-likeness (QED) is 0.365. The number of allylic oxidation sites excluding steroid dienone is 2. The number of rotatable bonds is 0. The van der Waals surface area contributed by atoms with E-state index >= 15 is 0 Å². The summed E-state index contributed by atoms with van der Waals surface area (Å²) in [4.78, 5) is 0. The summed E-state index contributed by atoms with van der Waals surface area (Å²) in [6.45, 7) is 0. The molecule has 0 heterocycles. The van der Waals surface area contributed by atoms with Gasteiger partial charge in [0, 0.05) is 0 Å². The molecule has 0 saturated carbocycles. The van der Waals surface area contributed by atoms with E-state index in [1.807, 2.05) is 6.08 Å². The number of nitrogens with two attached hydrogens (primary N) is 3. The van der Waals surface area contributed by atoms with Crippen LogP contribution in [-0.4, -0.2) is 11.7 Å². The van der Waals surface area contributed by atoms with E-state index in [4.69, 9.17) is 17.2 Å². The summed E-state index contributed by atoms with van der Waals surface area (Å²) in [5.74, 6) is 0. The van der Waals surface area contributed by atoms with Crippen molar-refractivity contribution in [3.63, 3.8) is 0 Å². The van der Waals surface area contributed by atoms with Gasteiger partial charge in [-0.3, -0.25) is 0 Å². The zero-order valence-corrected chi connectivity index (χ0v) is 5.12. The lowest BCUT2D eigenvalue weighted by Crippen LogP contribution is -2.60. The van der Waals surface area contributed by atoms with Crippen LogP contribution in [0, 0.1) is 0 Å². The van der Waals surface area contributed by atoms with E-state index < -0.39 is 5.66 Å². The van der Waals surface area contributed by atoms with Crippen LogP contribution in [0.2, 0.25) is 0 Å². The third-order valence-corrected chi connectivity index (χ3v) is 1.39. The van der Waals surface area contributed by atoms with Crippen molar-refractivity contribution in [2.24, 2.45) is 17.2 Å². The van der Waals surface area contributed by atoms with Crippen LogP contribution in [0.3, 0.4) is 0 Å². The molecule has 0 spiro atoms. The third kappa shape index (κ3) is 1.18. The Bertz CT molecular complexity index is 158. The summed E-state index contributed by atoms with van der Waals surface area (Å²) in [5, 5.41) is 0. The Labute approximate surface area is 54.2 Å². The van der Waals surface area contributed by atoms with Gasteiger partial charge < -0.3 is 17.2 Å². The van der Waals surface area contributed by atoms with Crippen molar-refractivity contribution in [2.45, 2.75) is 11.7 Å². The van der Waals surface area contributed by atoms with Crippen molar-refractivity contribution < 1.29 is 0 Å². The molecule has 0 aromatic rings. The molecule has 0 fully saturated rings. The lowest BCUT2D eigenvalue weighted by Gasteiger charge is -2.27. The Kier molecular flexibility index (Phi) is 1.40. The first-order valence-corrected chi connectivity index (χ1v) is 2.82. The largest absolute Gasteiger partial charge is 0.322 e. The van der Waals surface area contributed by atoms with Crippen molar-refractivity contribution in [2.75, 3.05) is 0 Å². The fourth-order valence-corrected chi connectivity index (χ4v) is 0.684. The summed E-state index contributed by atoms with van der Waals surface area (Å²) >= 11 is 0. The minimum Gasteiger partial charge on any atom is -0.322 e. The van der Waals surface area contributed by atoms with Crippen LogP contribution in [0.5, 0.6) is 0 Å². The molecular weight excluding hydrogens is 114 g/mol. The molecule has 0 aliphatic heterocycles. The second-order valence-electron chi connectivity index (χ2n) is 2.27. The highest BCUT2D eigenvalue weighted by molar-refractivity contribution is 5.23. The van der Waals surface area contributed by atoms with Crippen LogP contribution >= 0.6 is 0 Å². The van der Waals surface area contributed by atoms with E-state index in [-0.39, 0.29) is 6.04 Å². The Morgan fingerprint density at radius 1 is 1.22 bits per heavy atom. The van der Waals surface area contributed by atoms with Gasteiger partial charge in [0.1, 0.15) is 5.66 Å². The summed E-state index contributed by atoms with van der Waals surface area (Å²) < 4.78 is 0. The Balaban J connectivity index is 2.78. The van der Waals surface area contributed by atoms with Crippen LogP contribution < -0.4 is 17.2 Å². The Morgan fingerprint density at radius 2 is 1.89 bits per heavy atom. The maximum atomic E-state index is 5.54. The molecule has 50 valence electrons. The molecule has 1 rings (SSSR count). The second kappa shape index (κ2) is 1.95. The highest BCUT2D eigenvalue weighted by Crippen LogP contribution is 2.05. The van der Waals surface area contributed by atoms with E-state index in [1.165, 1.54) is 0 Å². The van der Waals surface area contributed by atoms with Crippen LogP contribution in [0.15, 0.2) is 24.3 Å². The highest BCUT2D eigenvalue weighted by atomic mass is 15.0. The molecule has 1 unspecified atom stereocenters. The molecular formula is C6H11N3. The van der Waals surface area contributed by atoms with E-state index in [2.05, 4.69) is 0 Å². The molecule has 0 radical (unpaired) electrons. The fourth-order valence-electron chi connectivity index (χ4n) is 0.684. The summed E-state index contributed by atoms with van der Waals surface area (Å²) in [7, 11) is 0. The van der Waals surface area contributed by atoms with Crippen LogP contribution in [0.4, 0.5) is 0 Å². The average molecular weight is 125 g/mol. The van der Waals surface area contributed by atoms with Gasteiger partial charge in [-0.2, -0.15) is 0 Å². The van der Waals surface area contributed by atoms with Gasteiger partial charge in [-0.05, 0) is 6.08 Å². The van der Waals surface area contributed by atoms with Crippen LogP contribution in [0.1, 0.15) is 0 Å². The van der Waals surface area contributed by atoms with E-state index in [9.17, 15) is 0 Å². The van der Waals surface area contributed by atoms with Gasteiger partial charge in [-0.15, -0.1) is 0 Å². The predicted octanol–water partition coefficient (Wildman–Crippen LogP) is -0.947. The van der Waals surface area contributed by atoms with E-state index in [0.29, 0.717) is 0 Å². The molecule has 3 heteroatoms. The molecule has 1 aliphatic rings. The summed E-state index contributed by atoms with van der Waals surface area (Å²) in [6, 6.07) is -0.262. The monoisotopic (exact) mass is 125 g/mol. The maximum absolute atomic E-state index is 5.54. The highest BCUT2D eigenvalue weighted by Gasteiger charge is 2.23. The maximum Gasteiger partial charge on any atom is 0.102 e. The minimum atomic E-state index is -0.852. The predicted molar refractivity (Wildman–Crippen MR) is 37.4 cm³/mol. The van der Waals surface area contributed by atoms with Gasteiger partial charge in [0.25, 0.3) is 0 Å². The van der Waals surface area contributed by atoms with Crippen LogP contribution in [-0.2, 0) is 0 Å². The van der Waals surface area contributed by atoms with Crippen molar-refractivity contribution in [3.05, 3.63) is 24.3 Å². The topological polar surface area (TPSA) is 78.1 Å². The molecule has 1 atom stereocenters. The van der Waals surface area contributed by atoms with Gasteiger partial charge >= 0.3 is 0 Å². The fraction of sp³-hybridized carbons (Fsp3) is 0.333. The Hall–Kier alpha value is -0.640. The van der Waals surface area contributed by atoms with Gasteiger partial charge in [-0.1, -0.05) is 18.2 Å². The number of hydrogen-bond donors (Lipinski definition) is 3. The zero-order chi connectivity index (χ0) is 6.91. The third-order valence-electron chi connectivity index (χ3n) is 1.39. The molecule has 1 aliphatic carbocycles. The van der Waals surface area contributed by atoms with Crippen molar-refractivity contribution in [3.8, 4) is 0 Å². The van der Waals surface area contributed by atoms with Gasteiger partial charge in [0.15, 0.2) is 0 Å². The normalized spacial score (nSPS) is 30.8. The smallest absolute Gasteiger partial charge is 0.102 e. The zero-order valence-electron chi connectivity index (χ0n) is 5.12. The molecule has 0 aromatic carbocycles. The van der Waals surface area contributed by atoms with Gasteiger partial charge in [0.05, 0.1) is 6.04 Å². The molecule has 9 heavy (non-hydrogen) atoms. The average Bonchev–Trinajstić information content (AvgIpc) is 1.77. The summed E-state index contributed by atoms with van der Waals surface area (Å²) in [6.07, 6.45) is 7.10. The standard InChI is InChI=1S/C6H11N3/c7-5-3-1-2-4-6(5,8)9/h1-5H,7-9H2. The first-order valence-electron chi connectivity index (χ1n) is 2.82. The molecule has 3 nitrogen and oxygen atoms in total. The Morgan fingerprint density at radius 3 is 2.22 bits per heavy atom. The number of hydrogen-bond acceptors (Lipinski definition) is 3. The van der Waals surface area contributed by atoms with Gasteiger partial charge in [-0.25, -0.2) is 0 Å². The lowest BCUT2D eigenvalue weighted by atomic mass is 9.98. The van der Waals surface area contributed by atoms with E-state index in [0.717, 1.165) is 0 Å². The molecule has 0 bridgehead atoms. The molecule has 0 saturated heterocycles. The SMILES string of the molecule is NC1C=CC=CC1(N)N. The van der Waals surface area contributed by atoms with Crippen molar-refractivity contribution in [1.82, 2.24) is 0 Å². The van der Waals surface area contributed by atoms with Crippen molar-refractivity contribution in [1.29, 1.82) is 0 Å². The van der Waals surface area contributed by atoms with Gasteiger partial charge in [0.2, 0.25) is 0 Å². The summed E-state index contributed by atoms with van der Waals surface area (Å²) in [5.41, 5.74) is 15.7. The minimum absolute atomic E-state index is 0.262. The molecule has 6 N–H and O–H groups in total. The van der Waals surface area contributed by atoms with Crippen molar-refractivity contribution >= 4 is 0 Å². The van der Waals surface area contributed by atoms with E-state index in [1.54, 1.807) is 18.2 Å². The molecule has 0 aromatic heterocycles. The second-order valence-corrected chi connectivity index (χ2v) is 2.27. The first kappa shape index (κ1) is 6.48. The van der Waals surface area contributed by atoms with Crippen LogP contribution in [0.25, 0.3) is 0 Å².